The lowest BCUT2D eigenvalue weighted by Crippen LogP contribution is -2.48. The molecule has 1 aromatic rings. The molecule has 5 nitrogen and oxygen atoms in total. The maximum Gasteiger partial charge on any atom is 0.252 e. The molecule has 0 aliphatic carbocycles. The van der Waals surface area contributed by atoms with Gasteiger partial charge in [0, 0.05) is 44.3 Å². The van der Waals surface area contributed by atoms with Crippen LogP contribution in [0, 0.1) is 0 Å². The first kappa shape index (κ1) is 19.7. The highest BCUT2D eigenvalue weighted by atomic mass is 16.5. The number of benzene rings is 1. The normalized spacial score (nSPS) is 17.1. The van der Waals surface area contributed by atoms with E-state index in [1.807, 2.05) is 6.07 Å². The molecule has 2 rings (SSSR count). The standard InChI is InChI=1S/C20H33N3O2/c1-14(2)23-9-7-22(8-10-23)13-15-11-16(20(3,4)5)12-17(19(21)24)18(15)25-6/h11-12,14H,7-10,13H2,1-6H3,(H2,21,24). The Bertz CT molecular complexity index is 612. The molecule has 1 fully saturated rings. The van der Waals surface area contributed by atoms with Crippen LogP contribution in [-0.4, -0.2) is 55.0 Å². The SMILES string of the molecule is COc1c(CN2CCN(C(C)C)CC2)cc(C(C)(C)C)cc1C(N)=O. The minimum atomic E-state index is -0.436. The van der Waals surface area contributed by atoms with Crippen molar-refractivity contribution in [2.45, 2.75) is 52.6 Å². The van der Waals surface area contributed by atoms with Crippen molar-refractivity contribution in [3.8, 4) is 5.75 Å². The van der Waals surface area contributed by atoms with Crippen LogP contribution >= 0.6 is 0 Å². The molecule has 0 atom stereocenters. The summed E-state index contributed by atoms with van der Waals surface area (Å²) in [5.41, 5.74) is 8.19. The number of methoxy groups -OCH3 is 1. The number of primary amides is 1. The lowest BCUT2D eigenvalue weighted by molar-refractivity contribution is 0.0991. The predicted octanol–water partition coefficient (Wildman–Crippen LogP) is 2.62. The quantitative estimate of drug-likeness (QED) is 0.889. The fourth-order valence-electron chi connectivity index (χ4n) is 3.34. The van der Waals surface area contributed by atoms with Crippen molar-refractivity contribution in [1.29, 1.82) is 0 Å². The highest BCUT2D eigenvalue weighted by Crippen LogP contribution is 2.32. The molecule has 1 aromatic carbocycles. The zero-order valence-electron chi connectivity index (χ0n) is 16.6. The maximum absolute atomic E-state index is 11.9. The number of piperazine rings is 1. The van der Waals surface area contributed by atoms with E-state index < -0.39 is 5.91 Å². The Balaban J connectivity index is 2.30. The third-order valence-electron chi connectivity index (χ3n) is 5.03. The summed E-state index contributed by atoms with van der Waals surface area (Å²) in [6.45, 7) is 15.9. The maximum atomic E-state index is 11.9. The minimum absolute atomic E-state index is 0.0540. The van der Waals surface area contributed by atoms with Gasteiger partial charge in [-0.05, 0) is 30.9 Å². The predicted molar refractivity (Wildman–Crippen MR) is 102 cm³/mol. The molecule has 1 aliphatic rings. The van der Waals surface area contributed by atoms with Crippen molar-refractivity contribution < 1.29 is 9.53 Å². The highest BCUT2D eigenvalue weighted by Gasteiger charge is 2.24. The van der Waals surface area contributed by atoms with Gasteiger partial charge >= 0.3 is 0 Å². The van der Waals surface area contributed by atoms with Crippen LogP contribution in [0.3, 0.4) is 0 Å². The van der Waals surface area contributed by atoms with E-state index in [1.54, 1.807) is 7.11 Å². The smallest absolute Gasteiger partial charge is 0.252 e. The molecule has 1 heterocycles. The zero-order valence-corrected chi connectivity index (χ0v) is 16.6. The number of nitrogens with zero attached hydrogens (tertiary/aromatic N) is 2. The number of nitrogens with two attached hydrogens (primary N) is 1. The fraction of sp³-hybridized carbons (Fsp3) is 0.650. The lowest BCUT2D eigenvalue weighted by Gasteiger charge is -2.37. The largest absolute Gasteiger partial charge is 0.496 e. The van der Waals surface area contributed by atoms with Gasteiger partial charge < -0.3 is 10.5 Å². The zero-order chi connectivity index (χ0) is 18.8. The molecule has 1 aliphatic heterocycles. The summed E-state index contributed by atoms with van der Waals surface area (Å²) in [6, 6.07) is 4.63. The van der Waals surface area contributed by atoms with Crippen molar-refractivity contribution in [3.05, 3.63) is 28.8 Å². The molecular weight excluding hydrogens is 314 g/mol. The second-order valence-electron chi connectivity index (χ2n) is 8.24. The number of hydrogen-bond acceptors (Lipinski definition) is 4. The number of carbonyl (C=O) groups excluding carboxylic acids is 1. The summed E-state index contributed by atoms with van der Waals surface area (Å²) >= 11 is 0. The summed E-state index contributed by atoms with van der Waals surface area (Å²) in [7, 11) is 1.61. The van der Waals surface area contributed by atoms with Crippen molar-refractivity contribution in [3.63, 3.8) is 0 Å². The van der Waals surface area contributed by atoms with Gasteiger partial charge in [-0.15, -0.1) is 0 Å². The molecule has 0 aromatic heterocycles. The molecule has 0 saturated carbocycles. The minimum Gasteiger partial charge on any atom is -0.496 e. The number of ether oxygens (including phenoxy) is 1. The topological polar surface area (TPSA) is 58.8 Å². The first-order valence-electron chi connectivity index (χ1n) is 9.11. The second kappa shape index (κ2) is 7.75. The molecule has 25 heavy (non-hydrogen) atoms. The highest BCUT2D eigenvalue weighted by molar-refractivity contribution is 5.96. The van der Waals surface area contributed by atoms with E-state index in [-0.39, 0.29) is 5.41 Å². The summed E-state index contributed by atoms with van der Waals surface area (Å²) in [5.74, 6) is 0.181. The summed E-state index contributed by atoms with van der Waals surface area (Å²) in [4.78, 5) is 16.9. The van der Waals surface area contributed by atoms with Crippen LogP contribution in [0.25, 0.3) is 0 Å². The van der Waals surface area contributed by atoms with E-state index in [1.165, 1.54) is 0 Å². The molecule has 2 N–H and O–H groups in total. The van der Waals surface area contributed by atoms with Crippen LogP contribution in [-0.2, 0) is 12.0 Å². The summed E-state index contributed by atoms with van der Waals surface area (Å²) in [5, 5.41) is 0. The monoisotopic (exact) mass is 347 g/mol. The van der Waals surface area contributed by atoms with Crippen LogP contribution in [0.2, 0.25) is 0 Å². The molecule has 0 unspecified atom stereocenters. The third-order valence-corrected chi connectivity index (χ3v) is 5.03. The van der Waals surface area contributed by atoms with Gasteiger partial charge in [0.15, 0.2) is 0 Å². The van der Waals surface area contributed by atoms with Crippen LogP contribution in [0.15, 0.2) is 12.1 Å². The van der Waals surface area contributed by atoms with E-state index >= 15 is 0 Å². The Morgan fingerprint density at radius 1 is 1.20 bits per heavy atom. The number of carbonyl (C=O) groups is 1. The van der Waals surface area contributed by atoms with Crippen molar-refractivity contribution >= 4 is 5.91 Å². The Labute approximate surface area is 152 Å². The van der Waals surface area contributed by atoms with Crippen LogP contribution in [0.4, 0.5) is 0 Å². The molecular formula is C20H33N3O2. The van der Waals surface area contributed by atoms with Crippen LogP contribution < -0.4 is 10.5 Å². The van der Waals surface area contributed by atoms with E-state index in [4.69, 9.17) is 10.5 Å². The molecule has 0 bridgehead atoms. The average Bonchev–Trinajstić information content (AvgIpc) is 2.53. The van der Waals surface area contributed by atoms with E-state index in [9.17, 15) is 4.79 Å². The summed E-state index contributed by atoms with van der Waals surface area (Å²) < 4.78 is 5.57. The van der Waals surface area contributed by atoms with Gasteiger partial charge in [-0.2, -0.15) is 0 Å². The van der Waals surface area contributed by atoms with Gasteiger partial charge in [0.25, 0.3) is 5.91 Å². The summed E-state index contributed by atoms with van der Waals surface area (Å²) in [6.07, 6.45) is 0. The second-order valence-corrected chi connectivity index (χ2v) is 8.24. The first-order valence-corrected chi connectivity index (χ1v) is 9.11. The molecule has 140 valence electrons. The van der Waals surface area contributed by atoms with Crippen LogP contribution in [0.5, 0.6) is 5.75 Å². The third kappa shape index (κ3) is 4.73. The Morgan fingerprint density at radius 2 is 1.80 bits per heavy atom. The Hall–Kier alpha value is -1.59. The lowest BCUT2D eigenvalue weighted by atomic mass is 9.84. The van der Waals surface area contributed by atoms with Crippen molar-refractivity contribution in [2.24, 2.45) is 5.73 Å². The molecule has 1 saturated heterocycles. The van der Waals surface area contributed by atoms with E-state index in [2.05, 4.69) is 50.5 Å². The molecule has 1 amide bonds. The number of amides is 1. The number of hydrogen-bond donors (Lipinski definition) is 1. The van der Waals surface area contributed by atoms with Gasteiger partial charge in [0.1, 0.15) is 5.75 Å². The molecule has 5 heteroatoms. The molecule has 0 radical (unpaired) electrons. The van der Waals surface area contributed by atoms with Crippen LogP contribution in [0.1, 0.15) is 56.1 Å². The van der Waals surface area contributed by atoms with Gasteiger partial charge in [-0.1, -0.05) is 26.8 Å². The van der Waals surface area contributed by atoms with Gasteiger partial charge in [-0.25, -0.2) is 0 Å². The van der Waals surface area contributed by atoms with E-state index in [0.29, 0.717) is 17.4 Å². The number of rotatable bonds is 5. The van der Waals surface area contributed by atoms with E-state index in [0.717, 1.165) is 43.9 Å². The van der Waals surface area contributed by atoms with Crippen molar-refractivity contribution in [2.75, 3.05) is 33.3 Å². The fourth-order valence-corrected chi connectivity index (χ4v) is 3.34. The van der Waals surface area contributed by atoms with Gasteiger partial charge in [0.2, 0.25) is 0 Å². The average molecular weight is 348 g/mol. The van der Waals surface area contributed by atoms with Gasteiger partial charge in [0.05, 0.1) is 12.7 Å². The van der Waals surface area contributed by atoms with Gasteiger partial charge in [-0.3, -0.25) is 14.6 Å². The molecule has 0 spiro atoms. The first-order chi connectivity index (χ1) is 11.6. The van der Waals surface area contributed by atoms with Crippen molar-refractivity contribution in [1.82, 2.24) is 9.80 Å². The Kier molecular flexibility index (Phi) is 6.12. The Morgan fingerprint density at radius 3 is 2.24 bits per heavy atom.